The molecular formula is C17H28N2O2. The summed E-state index contributed by atoms with van der Waals surface area (Å²) in [6.07, 6.45) is 9.64. The first kappa shape index (κ1) is 16.2. The summed E-state index contributed by atoms with van der Waals surface area (Å²) in [5.41, 5.74) is -0.412. The lowest BCUT2D eigenvalue weighted by molar-refractivity contribution is 0.0125. The van der Waals surface area contributed by atoms with E-state index in [1.165, 1.54) is 0 Å². The summed E-state index contributed by atoms with van der Waals surface area (Å²) in [6.45, 7) is 9.54. The number of nitrogens with zero attached hydrogens (tertiary/aromatic N) is 2. The van der Waals surface area contributed by atoms with Crippen LogP contribution >= 0.6 is 0 Å². The molecule has 0 N–H and O–H groups in total. The Bertz CT molecular complexity index is 392. The van der Waals surface area contributed by atoms with Gasteiger partial charge in [0.05, 0.1) is 0 Å². The number of piperidine rings is 2. The number of terminal acetylenes is 1. The SMILES string of the molecule is C#CC1CCN(C2CCN(C(=O)OC(C)(C)C)CC2)CC1. The van der Waals surface area contributed by atoms with Crippen LogP contribution in [-0.2, 0) is 4.74 Å². The van der Waals surface area contributed by atoms with Crippen LogP contribution in [0.2, 0.25) is 0 Å². The maximum atomic E-state index is 12.0. The van der Waals surface area contributed by atoms with Gasteiger partial charge in [-0.3, -0.25) is 0 Å². The third-order valence-electron chi connectivity index (χ3n) is 4.40. The van der Waals surface area contributed by atoms with E-state index in [1.807, 2.05) is 25.7 Å². The molecule has 0 aromatic heterocycles. The summed E-state index contributed by atoms with van der Waals surface area (Å²) in [5.74, 6) is 3.34. The predicted octanol–water partition coefficient (Wildman–Crippen LogP) is 2.73. The minimum Gasteiger partial charge on any atom is -0.444 e. The molecule has 0 radical (unpaired) electrons. The summed E-state index contributed by atoms with van der Waals surface area (Å²) < 4.78 is 5.44. The fraction of sp³-hybridized carbons (Fsp3) is 0.824. The van der Waals surface area contributed by atoms with Gasteiger partial charge in [0.2, 0.25) is 0 Å². The first-order chi connectivity index (χ1) is 9.89. The van der Waals surface area contributed by atoms with Crippen molar-refractivity contribution in [2.45, 2.75) is 58.1 Å². The Labute approximate surface area is 128 Å². The molecule has 0 unspecified atom stereocenters. The van der Waals surface area contributed by atoms with Gasteiger partial charge < -0.3 is 14.5 Å². The van der Waals surface area contributed by atoms with Gasteiger partial charge in [-0.15, -0.1) is 12.3 Å². The summed E-state index contributed by atoms with van der Waals surface area (Å²) in [5, 5.41) is 0. The Morgan fingerprint density at radius 3 is 2.14 bits per heavy atom. The Kier molecular flexibility index (Phi) is 5.16. The lowest BCUT2D eigenvalue weighted by atomic mass is 9.94. The molecule has 2 rings (SSSR count). The molecule has 2 aliphatic heterocycles. The molecule has 0 saturated carbocycles. The highest BCUT2D eigenvalue weighted by Crippen LogP contribution is 2.24. The third kappa shape index (κ3) is 4.64. The van der Waals surface area contributed by atoms with Crippen LogP contribution in [0.1, 0.15) is 46.5 Å². The summed E-state index contributed by atoms with van der Waals surface area (Å²) in [6, 6.07) is 0.599. The minimum atomic E-state index is -0.412. The molecule has 0 aromatic carbocycles. The monoisotopic (exact) mass is 292 g/mol. The minimum absolute atomic E-state index is 0.174. The van der Waals surface area contributed by atoms with E-state index in [2.05, 4.69) is 10.8 Å². The quantitative estimate of drug-likeness (QED) is 0.697. The summed E-state index contributed by atoms with van der Waals surface area (Å²) in [7, 11) is 0. The molecule has 2 aliphatic rings. The molecule has 4 heteroatoms. The van der Waals surface area contributed by atoms with E-state index < -0.39 is 5.60 Å². The van der Waals surface area contributed by atoms with Crippen LogP contribution in [0.4, 0.5) is 4.79 Å². The van der Waals surface area contributed by atoms with E-state index in [1.54, 1.807) is 0 Å². The number of likely N-dealkylation sites (tertiary alicyclic amines) is 2. The van der Waals surface area contributed by atoms with Crippen LogP contribution in [0.15, 0.2) is 0 Å². The number of amides is 1. The van der Waals surface area contributed by atoms with E-state index >= 15 is 0 Å². The van der Waals surface area contributed by atoms with Gasteiger partial charge in [0.1, 0.15) is 5.60 Å². The van der Waals surface area contributed by atoms with Gasteiger partial charge in [0, 0.05) is 25.0 Å². The van der Waals surface area contributed by atoms with E-state index in [0.717, 1.165) is 51.9 Å². The van der Waals surface area contributed by atoms with Crippen molar-refractivity contribution in [1.29, 1.82) is 0 Å². The molecule has 2 fully saturated rings. The van der Waals surface area contributed by atoms with Crippen molar-refractivity contribution in [3.8, 4) is 12.3 Å². The van der Waals surface area contributed by atoms with Gasteiger partial charge in [-0.25, -0.2) is 4.79 Å². The van der Waals surface area contributed by atoms with Crippen LogP contribution in [0.3, 0.4) is 0 Å². The van der Waals surface area contributed by atoms with Gasteiger partial charge in [0.25, 0.3) is 0 Å². The van der Waals surface area contributed by atoms with Crippen LogP contribution < -0.4 is 0 Å². The number of rotatable bonds is 1. The molecule has 0 aromatic rings. The maximum Gasteiger partial charge on any atom is 0.410 e. The van der Waals surface area contributed by atoms with Crippen LogP contribution in [0, 0.1) is 18.3 Å². The maximum absolute atomic E-state index is 12.0. The van der Waals surface area contributed by atoms with E-state index in [-0.39, 0.29) is 6.09 Å². The van der Waals surface area contributed by atoms with E-state index in [0.29, 0.717) is 12.0 Å². The van der Waals surface area contributed by atoms with Gasteiger partial charge in [0.15, 0.2) is 0 Å². The Hall–Kier alpha value is -1.21. The highest BCUT2D eigenvalue weighted by atomic mass is 16.6. The van der Waals surface area contributed by atoms with Gasteiger partial charge >= 0.3 is 6.09 Å². The lowest BCUT2D eigenvalue weighted by Gasteiger charge is -2.41. The second kappa shape index (κ2) is 6.70. The lowest BCUT2D eigenvalue weighted by Crippen LogP contribution is -2.49. The van der Waals surface area contributed by atoms with E-state index in [9.17, 15) is 4.79 Å². The molecule has 1 amide bonds. The predicted molar refractivity (Wildman–Crippen MR) is 84.0 cm³/mol. The molecule has 21 heavy (non-hydrogen) atoms. The largest absolute Gasteiger partial charge is 0.444 e. The highest BCUT2D eigenvalue weighted by Gasteiger charge is 2.30. The zero-order valence-corrected chi connectivity index (χ0v) is 13.6. The Morgan fingerprint density at radius 1 is 1.10 bits per heavy atom. The van der Waals surface area contributed by atoms with Crippen molar-refractivity contribution in [3.63, 3.8) is 0 Å². The molecular weight excluding hydrogens is 264 g/mol. The molecule has 0 spiro atoms. The first-order valence-corrected chi connectivity index (χ1v) is 8.07. The Morgan fingerprint density at radius 2 is 1.67 bits per heavy atom. The van der Waals surface area contributed by atoms with Crippen molar-refractivity contribution in [3.05, 3.63) is 0 Å². The second-order valence-corrected chi connectivity index (χ2v) is 7.18. The van der Waals surface area contributed by atoms with Gasteiger partial charge in [-0.1, -0.05) is 0 Å². The summed E-state index contributed by atoms with van der Waals surface area (Å²) in [4.78, 5) is 16.4. The van der Waals surface area contributed by atoms with Gasteiger partial charge in [-0.2, -0.15) is 0 Å². The third-order valence-corrected chi connectivity index (χ3v) is 4.40. The standard InChI is InChI=1S/C17H28N2O2/c1-5-14-6-10-18(11-7-14)15-8-12-19(13-9-15)16(20)21-17(2,3)4/h1,14-15H,6-13H2,2-4H3. The topological polar surface area (TPSA) is 32.8 Å². The normalized spacial score (nSPS) is 22.9. The van der Waals surface area contributed by atoms with Gasteiger partial charge in [-0.05, 0) is 59.5 Å². The number of carbonyl (C=O) groups is 1. The van der Waals surface area contributed by atoms with Crippen molar-refractivity contribution in [2.24, 2.45) is 5.92 Å². The van der Waals surface area contributed by atoms with Crippen LogP contribution in [0.5, 0.6) is 0 Å². The molecule has 2 saturated heterocycles. The van der Waals surface area contributed by atoms with Crippen molar-refractivity contribution in [1.82, 2.24) is 9.80 Å². The number of hydrogen-bond acceptors (Lipinski definition) is 3. The molecule has 0 bridgehead atoms. The smallest absolute Gasteiger partial charge is 0.410 e. The van der Waals surface area contributed by atoms with E-state index in [4.69, 9.17) is 11.2 Å². The molecule has 2 heterocycles. The molecule has 0 atom stereocenters. The molecule has 118 valence electrons. The van der Waals surface area contributed by atoms with Crippen LogP contribution in [0.25, 0.3) is 0 Å². The Balaban J connectivity index is 1.76. The average Bonchev–Trinajstić information content (AvgIpc) is 2.46. The average molecular weight is 292 g/mol. The number of carbonyl (C=O) groups excluding carboxylic acids is 1. The van der Waals surface area contributed by atoms with Crippen molar-refractivity contribution in [2.75, 3.05) is 26.2 Å². The number of ether oxygens (including phenoxy) is 1. The van der Waals surface area contributed by atoms with Crippen molar-refractivity contribution < 1.29 is 9.53 Å². The zero-order chi connectivity index (χ0) is 15.5. The number of hydrogen-bond donors (Lipinski definition) is 0. The fourth-order valence-corrected chi connectivity index (χ4v) is 3.17. The summed E-state index contributed by atoms with van der Waals surface area (Å²) >= 11 is 0. The first-order valence-electron chi connectivity index (χ1n) is 8.07. The highest BCUT2D eigenvalue weighted by molar-refractivity contribution is 5.68. The zero-order valence-electron chi connectivity index (χ0n) is 13.6. The van der Waals surface area contributed by atoms with Crippen molar-refractivity contribution >= 4 is 6.09 Å². The van der Waals surface area contributed by atoms with Crippen LogP contribution in [-0.4, -0.2) is 53.7 Å². The molecule has 4 nitrogen and oxygen atoms in total. The molecule has 0 aliphatic carbocycles. The fourth-order valence-electron chi connectivity index (χ4n) is 3.17. The second-order valence-electron chi connectivity index (χ2n) is 7.18.